The largest absolute Gasteiger partial charge is 0.462 e. The number of hydrogen-bond donors (Lipinski definition) is 1. The molecule has 1 aliphatic heterocycles. The van der Waals surface area contributed by atoms with Gasteiger partial charge in [-0.15, -0.1) is 0 Å². The third-order valence-electron chi connectivity index (χ3n) is 6.15. The number of carbonyl (C=O) groups is 2. The Hall–Kier alpha value is -3.77. The zero-order valence-corrected chi connectivity index (χ0v) is 22.1. The highest BCUT2D eigenvalue weighted by Gasteiger charge is 2.33. The summed E-state index contributed by atoms with van der Waals surface area (Å²) in [5.74, 6) is -1.03. The normalized spacial score (nSPS) is 13.5. The Bertz CT molecular complexity index is 1580. The lowest BCUT2D eigenvalue weighted by Crippen LogP contribution is -2.42. The summed E-state index contributed by atoms with van der Waals surface area (Å²) >= 11 is 12.9. The maximum Gasteiger partial charge on any atom is 0.416 e. The van der Waals surface area contributed by atoms with Crippen LogP contribution in [-0.4, -0.2) is 40.8 Å². The predicted molar refractivity (Wildman–Crippen MR) is 138 cm³/mol. The van der Waals surface area contributed by atoms with E-state index in [4.69, 9.17) is 27.9 Å². The van der Waals surface area contributed by atoms with Crippen molar-refractivity contribution in [3.05, 3.63) is 89.7 Å². The molecule has 0 bridgehead atoms. The second-order valence-electron chi connectivity index (χ2n) is 8.54. The van der Waals surface area contributed by atoms with Crippen LogP contribution in [-0.2, 0) is 17.5 Å². The molecule has 1 aromatic heterocycles. The molecule has 3 aromatic rings. The van der Waals surface area contributed by atoms with Gasteiger partial charge in [-0.25, -0.2) is 14.4 Å². The minimum atomic E-state index is -4.65. The fourth-order valence-electron chi connectivity index (χ4n) is 4.24. The van der Waals surface area contributed by atoms with E-state index in [1.807, 2.05) is 0 Å². The SMILES string of the molecule is CCOC(=O)c1cn(-c2cc(Cl)c(N3CCNC3=O)c(Cl)c2)c(=O)n(Cc2cccc(C(F)(F)F)c2C)c1=O. The Morgan fingerprint density at radius 1 is 1.13 bits per heavy atom. The van der Waals surface area contributed by atoms with Crippen LogP contribution in [0, 0.1) is 6.92 Å². The molecule has 0 radical (unpaired) electrons. The highest BCUT2D eigenvalue weighted by Crippen LogP contribution is 2.37. The van der Waals surface area contributed by atoms with Gasteiger partial charge in [-0.3, -0.25) is 18.8 Å². The molecule has 206 valence electrons. The summed E-state index contributed by atoms with van der Waals surface area (Å²) in [4.78, 5) is 52.8. The van der Waals surface area contributed by atoms with Crippen LogP contribution in [0.25, 0.3) is 5.69 Å². The van der Waals surface area contributed by atoms with E-state index < -0.39 is 47.1 Å². The topological polar surface area (TPSA) is 103 Å². The fraction of sp³-hybridized carbons (Fsp3) is 0.280. The lowest BCUT2D eigenvalue weighted by molar-refractivity contribution is -0.138. The van der Waals surface area contributed by atoms with E-state index in [9.17, 15) is 32.3 Å². The molecule has 2 amide bonds. The maximum absolute atomic E-state index is 13.5. The van der Waals surface area contributed by atoms with Gasteiger partial charge in [-0.1, -0.05) is 35.3 Å². The lowest BCUT2D eigenvalue weighted by Gasteiger charge is -2.20. The van der Waals surface area contributed by atoms with Gasteiger partial charge in [0.1, 0.15) is 5.56 Å². The van der Waals surface area contributed by atoms with Gasteiger partial charge in [0.15, 0.2) is 0 Å². The van der Waals surface area contributed by atoms with Gasteiger partial charge in [0.2, 0.25) is 0 Å². The Kier molecular flexibility index (Phi) is 7.80. The van der Waals surface area contributed by atoms with Crippen molar-refractivity contribution in [3.8, 4) is 5.69 Å². The molecule has 9 nitrogen and oxygen atoms in total. The molecule has 1 fully saturated rings. The van der Waals surface area contributed by atoms with E-state index >= 15 is 0 Å². The molecule has 1 saturated heterocycles. The summed E-state index contributed by atoms with van der Waals surface area (Å²) in [7, 11) is 0. The van der Waals surface area contributed by atoms with Gasteiger partial charge >= 0.3 is 23.9 Å². The second-order valence-corrected chi connectivity index (χ2v) is 9.35. The molecule has 0 atom stereocenters. The number of alkyl halides is 3. The zero-order chi connectivity index (χ0) is 28.6. The first-order valence-corrected chi connectivity index (χ1v) is 12.3. The van der Waals surface area contributed by atoms with Crippen molar-refractivity contribution in [3.63, 3.8) is 0 Å². The quantitative estimate of drug-likeness (QED) is 0.433. The number of esters is 1. The third-order valence-corrected chi connectivity index (χ3v) is 6.73. The minimum absolute atomic E-state index is 0.00519. The van der Waals surface area contributed by atoms with Crippen LogP contribution in [0.3, 0.4) is 0 Å². The van der Waals surface area contributed by atoms with Gasteiger partial charge in [0.05, 0.1) is 40.1 Å². The monoisotopic (exact) mass is 584 g/mol. The summed E-state index contributed by atoms with van der Waals surface area (Å²) in [6.45, 7) is 2.78. The zero-order valence-electron chi connectivity index (χ0n) is 20.6. The number of urea groups is 1. The molecule has 1 N–H and O–H groups in total. The molecule has 2 aromatic carbocycles. The van der Waals surface area contributed by atoms with Crippen molar-refractivity contribution >= 4 is 40.9 Å². The summed E-state index contributed by atoms with van der Waals surface area (Å²) < 4.78 is 46.9. The number of anilines is 1. The lowest BCUT2D eigenvalue weighted by atomic mass is 10.0. The molecule has 4 rings (SSSR count). The minimum Gasteiger partial charge on any atom is -0.462 e. The van der Waals surface area contributed by atoms with Crippen molar-refractivity contribution in [1.82, 2.24) is 14.5 Å². The molecule has 14 heteroatoms. The third kappa shape index (κ3) is 5.39. The van der Waals surface area contributed by atoms with Gasteiger partial charge in [-0.2, -0.15) is 13.2 Å². The Morgan fingerprint density at radius 3 is 2.36 bits per heavy atom. The van der Waals surface area contributed by atoms with Crippen LogP contribution in [0.4, 0.5) is 23.7 Å². The van der Waals surface area contributed by atoms with E-state index in [1.54, 1.807) is 0 Å². The van der Waals surface area contributed by atoms with Crippen molar-refractivity contribution in [2.45, 2.75) is 26.6 Å². The summed E-state index contributed by atoms with van der Waals surface area (Å²) in [5.41, 5.74) is -3.36. The first-order chi connectivity index (χ1) is 18.3. The van der Waals surface area contributed by atoms with Crippen molar-refractivity contribution in [2.75, 3.05) is 24.6 Å². The Morgan fingerprint density at radius 2 is 1.79 bits per heavy atom. The first kappa shape index (κ1) is 28.2. The average molecular weight is 585 g/mol. The highest BCUT2D eigenvalue weighted by atomic mass is 35.5. The van der Waals surface area contributed by atoms with E-state index in [-0.39, 0.29) is 39.2 Å². The molecule has 0 saturated carbocycles. The van der Waals surface area contributed by atoms with Crippen LogP contribution in [0.15, 0.2) is 46.1 Å². The maximum atomic E-state index is 13.5. The van der Waals surface area contributed by atoms with Gasteiger partial charge in [-0.05, 0) is 43.2 Å². The number of aromatic nitrogens is 2. The number of benzene rings is 2. The van der Waals surface area contributed by atoms with Crippen molar-refractivity contribution < 1.29 is 27.5 Å². The standard InChI is InChI=1S/C25H21Cl2F3N4O5/c1-3-39-22(36)16-12-33(15-9-18(26)20(19(27)10-15)32-8-7-31-23(32)37)24(38)34(21(16)35)11-14-5-4-6-17(13(14)2)25(28,29)30/h4-6,9-10,12H,3,7-8,11H2,1-2H3,(H,31,37). The number of carbonyl (C=O) groups excluding carboxylic acids is 2. The summed E-state index contributed by atoms with van der Waals surface area (Å²) in [6, 6.07) is 5.61. The van der Waals surface area contributed by atoms with E-state index in [2.05, 4.69) is 5.32 Å². The molecule has 0 spiro atoms. The molecule has 2 heterocycles. The van der Waals surface area contributed by atoms with Gasteiger partial charge < -0.3 is 10.1 Å². The number of nitrogens with one attached hydrogen (secondary N) is 1. The number of halogens is 5. The molecule has 0 unspecified atom stereocenters. The number of nitrogens with zero attached hydrogens (tertiary/aromatic N) is 3. The molecule has 0 aliphatic carbocycles. The average Bonchev–Trinajstić information content (AvgIpc) is 3.27. The second kappa shape index (κ2) is 10.8. The van der Waals surface area contributed by atoms with Crippen molar-refractivity contribution in [1.29, 1.82) is 0 Å². The van der Waals surface area contributed by atoms with E-state index in [0.29, 0.717) is 17.7 Å². The van der Waals surface area contributed by atoms with Crippen LogP contribution < -0.4 is 21.5 Å². The van der Waals surface area contributed by atoms with E-state index in [0.717, 1.165) is 22.9 Å². The van der Waals surface area contributed by atoms with Gasteiger partial charge in [0, 0.05) is 19.3 Å². The van der Waals surface area contributed by atoms with Crippen LogP contribution >= 0.6 is 23.2 Å². The Labute approximate surface area is 229 Å². The molecule has 1 aliphatic rings. The van der Waals surface area contributed by atoms with Crippen LogP contribution in [0.2, 0.25) is 10.0 Å². The van der Waals surface area contributed by atoms with E-state index in [1.165, 1.54) is 36.9 Å². The smallest absolute Gasteiger partial charge is 0.416 e. The Balaban J connectivity index is 1.91. The predicted octanol–water partition coefficient (Wildman–Crippen LogP) is 4.39. The number of hydrogen-bond acceptors (Lipinski definition) is 5. The molecular formula is C25H21Cl2F3N4O5. The first-order valence-electron chi connectivity index (χ1n) is 11.6. The summed E-state index contributed by atoms with van der Waals surface area (Å²) in [5, 5.41) is 2.63. The number of ether oxygens (including phenoxy) is 1. The molecular weight excluding hydrogens is 564 g/mol. The summed E-state index contributed by atoms with van der Waals surface area (Å²) in [6.07, 6.45) is -3.69. The van der Waals surface area contributed by atoms with Crippen LogP contribution in [0.5, 0.6) is 0 Å². The fourth-order valence-corrected chi connectivity index (χ4v) is 4.92. The number of rotatable bonds is 6. The van der Waals surface area contributed by atoms with Crippen LogP contribution in [0.1, 0.15) is 34.0 Å². The number of amides is 2. The highest BCUT2D eigenvalue weighted by molar-refractivity contribution is 6.40. The van der Waals surface area contributed by atoms with Gasteiger partial charge in [0.25, 0.3) is 5.56 Å². The van der Waals surface area contributed by atoms with Crippen molar-refractivity contribution in [2.24, 2.45) is 0 Å². The molecule has 39 heavy (non-hydrogen) atoms.